The number of carbonyl (C=O) groups excluding carboxylic acids is 1. The van der Waals surface area contributed by atoms with E-state index in [1.54, 1.807) is 0 Å². The molecule has 2 heterocycles. The molecule has 4 atom stereocenters. The number of rotatable bonds is 7. The first-order valence-electron chi connectivity index (χ1n) is 20.8. The van der Waals surface area contributed by atoms with Gasteiger partial charge in [-0.05, 0) is 47.8 Å². The molecule has 3 unspecified atom stereocenters. The monoisotopic (exact) mass is 442 g/mol. The molecule has 6 heteroatoms. The summed E-state index contributed by atoms with van der Waals surface area (Å²) in [5.74, 6) is -14.2. The Morgan fingerprint density at radius 1 is 1.43 bits per heavy atom. The van der Waals surface area contributed by atoms with E-state index >= 15 is 0 Å². The lowest BCUT2D eigenvalue weighted by Crippen LogP contribution is -2.51. The van der Waals surface area contributed by atoms with Gasteiger partial charge in [0.25, 0.3) is 0 Å². The topological polar surface area (TPSA) is 74.0 Å². The Labute approximate surface area is 214 Å². The van der Waals surface area contributed by atoms with E-state index in [4.69, 9.17) is 43.2 Å². The fourth-order valence-electron chi connectivity index (χ4n) is 2.69. The van der Waals surface area contributed by atoms with Crippen LogP contribution in [-0.4, -0.2) is 50.1 Å². The Balaban J connectivity index is 2.69. The maximum atomic E-state index is 13.9. The van der Waals surface area contributed by atoms with Gasteiger partial charge in [0.05, 0.1) is 25.1 Å². The van der Waals surface area contributed by atoms with Gasteiger partial charge < -0.3 is 19.9 Å². The van der Waals surface area contributed by atoms with Crippen LogP contribution in [0.25, 0.3) is 0 Å². The third kappa shape index (κ3) is 4.75. The molecule has 0 saturated carbocycles. The molecular weight excluding hydrogens is 380 g/mol. The highest BCUT2D eigenvalue weighted by Gasteiger charge is 2.41. The minimum Gasteiger partial charge on any atom is -0.493 e. The van der Waals surface area contributed by atoms with Gasteiger partial charge in [-0.2, -0.15) is 0 Å². The Hall–Kier alpha value is -1.79. The number of piperidine rings is 1. The van der Waals surface area contributed by atoms with Crippen LogP contribution in [0.1, 0.15) is 90.4 Å². The summed E-state index contributed by atoms with van der Waals surface area (Å²) in [6.07, 6.45) is -13.8. The zero-order chi connectivity index (χ0) is 43.0. The number of hydrogen-bond acceptors (Lipinski definition) is 6. The molecule has 1 aromatic rings. The SMILES string of the molecule is [2H]c1c(OC)c(OC([2H])([2H])[2H])c([2H])c2c1C([2H])([2H])C([2H])([2H])N1C([2H])([2H])C([2H])(CC(C)C)C([2H])(OC(=O)[C@@]([2H])(N)C([2H])(C([2H])([2H])[2H])C([2H])([2H])[2H])C([2H])([2H])C21[2H]. The second kappa shape index (κ2) is 9.56. The minimum atomic E-state index is -4.45. The summed E-state index contributed by atoms with van der Waals surface area (Å²) in [5.41, 5.74) is 2.64. The van der Waals surface area contributed by atoms with Crippen LogP contribution >= 0.6 is 0 Å². The van der Waals surface area contributed by atoms with E-state index in [0.29, 0.717) is 0 Å². The molecule has 1 aromatic carbocycles. The van der Waals surface area contributed by atoms with Crippen molar-refractivity contribution >= 4 is 5.97 Å². The highest BCUT2D eigenvalue weighted by Crippen LogP contribution is 2.44. The van der Waals surface area contributed by atoms with Crippen molar-refractivity contribution in [2.24, 2.45) is 23.4 Å². The van der Waals surface area contributed by atoms with Crippen molar-refractivity contribution in [1.82, 2.24) is 4.90 Å². The van der Waals surface area contributed by atoms with Crippen LogP contribution in [0.2, 0.25) is 0 Å². The Bertz CT molecular complexity index is 1670. The fourth-order valence-corrected chi connectivity index (χ4v) is 2.69. The van der Waals surface area contributed by atoms with Gasteiger partial charge in [0.1, 0.15) is 12.1 Å². The molecule has 2 aliphatic rings. The molecule has 2 aliphatic heterocycles. The molecular formula is C24H38N2O4. The van der Waals surface area contributed by atoms with Gasteiger partial charge in [-0.1, -0.05) is 27.6 Å². The van der Waals surface area contributed by atoms with Crippen molar-refractivity contribution in [3.8, 4) is 11.5 Å². The maximum Gasteiger partial charge on any atom is 0.323 e. The largest absolute Gasteiger partial charge is 0.493 e. The van der Waals surface area contributed by atoms with Crippen LogP contribution < -0.4 is 15.2 Å². The molecule has 168 valence electrons. The van der Waals surface area contributed by atoms with Crippen molar-refractivity contribution in [3.05, 3.63) is 23.2 Å². The Morgan fingerprint density at radius 2 is 2.20 bits per heavy atom. The van der Waals surface area contributed by atoms with Gasteiger partial charge in [0, 0.05) is 53.2 Å². The van der Waals surface area contributed by atoms with Crippen LogP contribution in [-0.2, 0) is 15.9 Å². The molecule has 2 N–H and O–H groups in total. The van der Waals surface area contributed by atoms with E-state index in [0.717, 1.165) is 7.11 Å². The van der Waals surface area contributed by atoms with E-state index in [1.807, 2.05) is 0 Å². The molecule has 6 nitrogen and oxygen atoms in total. The average molecular weight is 443 g/mol. The number of carbonyl (C=O) groups is 1. The second-order valence-corrected chi connectivity index (χ2v) is 6.71. The Morgan fingerprint density at radius 3 is 2.87 bits per heavy atom. The molecule has 0 radical (unpaired) electrons. The number of hydrogen-bond donors (Lipinski definition) is 1. The molecule has 0 aliphatic carbocycles. The minimum absolute atomic E-state index is 0.496. The van der Waals surface area contributed by atoms with Gasteiger partial charge >= 0.3 is 5.97 Å². The molecule has 3 rings (SSSR count). The number of fused-ring (bicyclic) bond motifs is 3. The van der Waals surface area contributed by atoms with E-state index in [2.05, 4.69) is 0 Å². The van der Waals surface area contributed by atoms with E-state index in [9.17, 15) is 14.4 Å². The zero-order valence-electron chi connectivity index (χ0n) is 40.4. The lowest BCUT2D eigenvalue weighted by Gasteiger charge is -2.47. The molecule has 0 bridgehead atoms. The van der Waals surface area contributed by atoms with E-state index in [-0.39, 0.29) is 0 Å². The average Bonchev–Trinajstić information content (AvgIpc) is 2.93. The lowest BCUT2D eigenvalue weighted by atomic mass is 9.79. The van der Waals surface area contributed by atoms with Crippen LogP contribution in [0.4, 0.5) is 0 Å². The van der Waals surface area contributed by atoms with E-state index in [1.165, 1.54) is 13.8 Å². The number of nitrogens with zero attached hydrogens (tertiary/aromatic N) is 1. The lowest BCUT2D eigenvalue weighted by molar-refractivity contribution is -0.160. The first-order valence-corrected chi connectivity index (χ1v) is 8.76. The Kier molecular flexibility index (Phi) is 2.27. The van der Waals surface area contributed by atoms with Gasteiger partial charge in [0.2, 0.25) is 0 Å². The normalized spacial score (nSPS) is 53.4. The number of benzene rings is 1. The van der Waals surface area contributed by atoms with Gasteiger partial charge in [0.15, 0.2) is 11.5 Å². The van der Waals surface area contributed by atoms with Crippen LogP contribution in [0.15, 0.2) is 12.1 Å². The first-order chi connectivity index (χ1) is 23.5. The molecule has 30 heavy (non-hydrogen) atoms. The van der Waals surface area contributed by atoms with Crippen molar-refractivity contribution in [3.63, 3.8) is 0 Å². The second-order valence-electron chi connectivity index (χ2n) is 6.71. The number of ether oxygens (including phenoxy) is 3. The predicted molar refractivity (Wildman–Crippen MR) is 118 cm³/mol. The van der Waals surface area contributed by atoms with Crippen molar-refractivity contribution in [1.29, 1.82) is 0 Å². The van der Waals surface area contributed by atoms with Gasteiger partial charge in [-0.25, -0.2) is 0 Å². The summed E-state index contributed by atoms with van der Waals surface area (Å²) < 4.78 is 219. The smallest absolute Gasteiger partial charge is 0.323 e. The van der Waals surface area contributed by atoms with Crippen LogP contribution in [0, 0.1) is 17.7 Å². The molecule has 0 aromatic heterocycles. The number of esters is 1. The molecule has 1 saturated heterocycles. The molecule has 1 fully saturated rings. The van der Waals surface area contributed by atoms with Gasteiger partial charge in [-0.3, -0.25) is 9.69 Å². The summed E-state index contributed by atoms with van der Waals surface area (Å²) in [4.78, 5) is 13.4. The van der Waals surface area contributed by atoms with Crippen molar-refractivity contribution < 1.29 is 51.9 Å². The first kappa shape index (κ1) is 7.11. The van der Waals surface area contributed by atoms with Gasteiger partial charge in [-0.15, -0.1) is 0 Å². The van der Waals surface area contributed by atoms with Crippen molar-refractivity contribution in [2.75, 3.05) is 27.1 Å². The fraction of sp³-hybridized carbons (Fsp3) is 0.708. The predicted octanol–water partition coefficient (Wildman–Crippen LogP) is 3.56. The van der Waals surface area contributed by atoms with Crippen LogP contribution in [0.5, 0.6) is 11.5 Å². The highest BCUT2D eigenvalue weighted by molar-refractivity contribution is 5.76. The summed E-state index contributed by atoms with van der Waals surface area (Å²) in [5, 5.41) is 0. The quantitative estimate of drug-likeness (QED) is 0.651. The number of methoxy groups -OCH3 is 2. The zero-order valence-corrected chi connectivity index (χ0v) is 16.4. The summed E-state index contributed by atoms with van der Waals surface area (Å²) in [6.45, 7) is -14.0. The maximum absolute atomic E-state index is 13.9. The standard InChI is InChI=1S/C24H38N2O4/c1-14(2)9-17-13-26-8-7-16-10-21(28-5)22(29-6)11-18(16)19(26)12-20(17)30-24(27)23(25)15(3)4/h10-11,14-15,17,19-20,23H,7-9,12-13,25H2,1-6H3/t17?,19?,20?,23-/m0/s1/i3D3,4D3,6D3,7D2,8D2,10D,11D,12D2,13D2,15D,17D,19D,20D,23D. The van der Waals surface area contributed by atoms with Crippen LogP contribution in [0.3, 0.4) is 0 Å². The van der Waals surface area contributed by atoms with E-state index < -0.39 is 134 Å². The third-order valence-electron chi connectivity index (χ3n) is 4.04. The summed E-state index contributed by atoms with van der Waals surface area (Å²) >= 11 is 0. The summed E-state index contributed by atoms with van der Waals surface area (Å²) in [6, 6.07) is -11.4. The summed E-state index contributed by atoms with van der Waals surface area (Å²) in [7, 11) is -2.70. The highest BCUT2D eigenvalue weighted by atomic mass is 16.5. The van der Waals surface area contributed by atoms with Crippen molar-refractivity contribution in [2.45, 2.75) is 64.8 Å². The third-order valence-corrected chi connectivity index (χ3v) is 4.04. The molecule has 0 amide bonds. The molecule has 0 spiro atoms. The number of nitrogens with two attached hydrogens (primary N) is 1.